The van der Waals surface area contributed by atoms with E-state index in [4.69, 9.17) is 0 Å². The van der Waals surface area contributed by atoms with Gasteiger partial charge in [0.1, 0.15) is 0 Å². The van der Waals surface area contributed by atoms with Gasteiger partial charge in [0.15, 0.2) is 0 Å². The first-order valence-electron chi connectivity index (χ1n) is 7.69. The van der Waals surface area contributed by atoms with Crippen molar-refractivity contribution < 1.29 is 8.78 Å². The topological polar surface area (TPSA) is 17.8 Å². The van der Waals surface area contributed by atoms with Crippen LogP contribution in [0.15, 0.2) is 61.2 Å². The summed E-state index contributed by atoms with van der Waals surface area (Å²) in [4.78, 5) is 4.07. The van der Waals surface area contributed by atoms with Gasteiger partial charge in [-0.3, -0.25) is 0 Å². The first kappa shape index (κ1) is 16.9. The normalized spacial score (nSPS) is 12.3. The van der Waals surface area contributed by atoms with Crippen LogP contribution in [0.4, 0.5) is 8.78 Å². The van der Waals surface area contributed by atoms with Crippen LogP contribution in [0.3, 0.4) is 0 Å². The Bertz CT molecular complexity index is 803. The van der Waals surface area contributed by atoms with E-state index in [1.807, 2.05) is 16.8 Å². The van der Waals surface area contributed by atoms with Crippen LogP contribution in [0.25, 0.3) is 0 Å². The Kier molecular flexibility index (Phi) is 5.44. The van der Waals surface area contributed by atoms with Gasteiger partial charge in [0.05, 0.1) is 0 Å². The molecule has 0 radical (unpaired) electrons. The van der Waals surface area contributed by atoms with Gasteiger partial charge >= 0.3 is 146 Å². The Hall–Kier alpha value is -1.97. The second-order valence-corrected chi connectivity index (χ2v) is 8.21. The van der Waals surface area contributed by atoms with Crippen molar-refractivity contribution in [3.05, 3.63) is 89.5 Å². The summed E-state index contributed by atoms with van der Waals surface area (Å²) in [7, 11) is 0. The van der Waals surface area contributed by atoms with E-state index in [9.17, 15) is 8.78 Å². The maximum absolute atomic E-state index is 14.3. The van der Waals surface area contributed by atoms with Crippen molar-refractivity contribution in [2.45, 2.75) is 23.6 Å². The van der Waals surface area contributed by atoms with Crippen molar-refractivity contribution in [2.24, 2.45) is 0 Å². The molecule has 0 aliphatic carbocycles. The van der Waals surface area contributed by atoms with Crippen LogP contribution in [0.5, 0.6) is 0 Å². The van der Waals surface area contributed by atoms with Crippen LogP contribution in [-0.2, 0) is 11.9 Å². The van der Waals surface area contributed by atoms with Gasteiger partial charge in [-0.2, -0.15) is 0 Å². The van der Waals surface area contributed by atoms with E-state index in [1.165, 1.54) is 17.2 Å². The first-order chi connectivity index (χ1) is 11.6. The quantitative estimate of drug-likeness (QED) is 0.578. The predicted molar refractivity (Wildman–Crippen MR) is 92.0 cm³/mol. The molecule has 1 atom stereocenters. The molecule has 0 fully saturated rings. The molecule has 0 bridgehead atoms. The maximum atomic E-state index is 14.3. The Morgan fingerprint density at radius 2 is 2.04 bits per heavy atom. The van der Waals surface area contributed by atoms with Crippen molar-refractivity contribution in [1.29, 1.82) is 0 Å². The van der Waals surface area contributed by atoms with Gasteiger partial charge in [0, 0.05) is 0 Å². The fourth-order valence-electron chi connectivity index (χ4n) is 2.59. The van der Waals surface area contributed by atoms with E-state index in [0.717, 1.165) is 11.4 Å². The minimum atomic E-state index is -0.538. The molecule has 3 rings (SSSR count). The molecule has 0 N–H and O–H groups in total. The number of aryl methyl sites for hydroxylation is 1. The number of benzene rings is 2. The van der Waals surface area contributed by atoms with Gasteiger partial charge in [-0.05, 0) is 0 Å². The molecule has 0 saturated heterocycles. The van der Waals surface area contributed by atoms with E-state index in [-0.39, 0.29) is 19.8 Å². The van der Waals surface area contributed by atoms with Crippen molar-refractivity contribution >= 4 is 15.0 Å². The zero-order valence-electron chi connectivity index (χ0n) is 13.3. The molecule has 0 amide bonds. The summed E-state index contributed by atoms with van der Waals surface area (Å²) in [6.07, 6.45) is 5.32. The third kappa shape index (κ3) is 4.31. The summed E-state index contributed by atoms with van der Waals surface area (Å²) < 4.78 is 29.4. The SMILES string of the molecule is Cc1cccc(C[Se]C(Cn2ccnc2)c2ccc(F)cc2F)c1. The molecule has 0 spiro atoms. The number of aromatic nitrogens is 2. The molecule has 0 aliphatic heterocycles. The summed E-state index contributed by atoms with van der Waals surface area (Å²) in [5.41, 5.74) is 3.06. The Morgan fingerprint density at radius 1 is 1.17 bits per heavy atom. The van der Waals surface area contributed by atoms with Gasteiger partial charge in [-0.15, -0.1) is 0 Å². The molecular weight excluding hydrogens is 373 g/mol. The molecule has 1 aromatic heterocycles. The molecule has 1 heterocycles. The fourth-order valence-corrected chi connectivity index (χ4v) is 5.15. The van der Waals surface area contributed by atoms with E-state index in [1.54, 1.807) is 18.6 Å². The van der Waals surface area contributed by atoms with Gasteiger partial charge in [-0.1, -0.05) is 0 Å². The van der Waals surface area contributed by atoms with Crippen LogP contribution in [-0.4, -0.2) is 24.5 Å². The second kappa shape index (κ2) is 7.73. The zero-order chi connectivity index (χ0) is 16.9. The standard InChI is InChI=1S/C19H18F2N2Se/c1-14-3-2-4-15(9-14)12-24-19(11-23-8-7-22-13-23)17-6-5-16(20)10-18(17)21/h2-10,13,19H,11-12H2,1H3. The second-order valence-electron chi connectivity index (χ2n) is 5.71. The van der Waals surface area contributed by atoms with Crippen LogP contribution in [0, 0.1) is 18.6 Å². The molecule has 5 heteroatoms. The number of imidazole rings is 1. The summed E-state index contributed by atoms with van der Waals surface area (Å²) in [5.74, 6) is -1.00. The van der Waals surface area contributed by atoms with E-state index in [0.29, 0.717) is 12.1 Å². The van der Waals surface area contributed by atoms with Gasteiger partial charge in [-0.25, -0.2) is 0 Å². The van der Waals surface area contributed by atoms with E-state index < -0.39 is 11.6 Å². The van der Waals surface area contributed by atoms with Crippen molar-refractivity contribution in [3.63, 3.8) is 0 Å². The number of halogens is 2. The molecule has 2 aromatic carbocycles. The number of nitrogens with zero attached hydrogens (tertiary/aromatic N) is 2. The molecular formula is C19H18F2N2Se. The molecule has 24 heavy (non-hydrogen) atoms. The molecule has 0 aliphatic rings. The first-order valence-corrected chi connectivity index (χ1v) is 9.89. The summed E-state index contributed by atoms with van der Waals surface area (Å²) >= 11 is 0.136. The minimum absolute atomic E-state index is 0.0211. The van der Waals surface area contributed by atoms with Gasteiger partial charge in [0.2, 0.25) is 0 Å². The third-order valence-electron chi connectivity index (χ3n) is 3.78. The van der Waals surface area contributed by atoms with E-state index >= 15 is 0 Å². The third-order valence-corrected chi connectivity index (χ3v) is 6.52. The van der Waals surface area contributed by atoms with Crippen LogP contribution in [0.1, 0.15) is 21.5 Å². The fraction of sp³-hybridized carbons (Fsp3) is 0.211. The van der Waals surface area contributed by atoms with Crippen molar-refractivity contribution in [3.8, 4) is 0 Å². The monoisotopic (exact) mass is 392 g/mol. The Balaban J connectivity index is 1.81. The molecule has 124 valence electrons. The van der Waals surface area contributed by atoms with Crippen molar-refractivity contribution in [2.75, 3.05) is 0 Å². The molecule has 0 saturated carbocycles. The number of hydrogen-bond acceptors (Lipinski definition) is 1. The zero-order valence-corrected chi connectivity index (χ0v) is 15.0. The van der Waals surface area contributed by atoms with E-state index in [2.05, 4.69) is 30.1 Å². The Labute approximate surface area is 146 Å². The molecule has 3 aromatic rings. The predicted octanol–water partition coefficient (Wildman–Crippen LogP) is 4.12. The summed E-state index contributed by atoms with van der Waals surface area (Å²) in [5, 5.41) is 0.908. The van der Waals surface area contributed by atoms with Gasteiger partial charge < -0.3 is 0 Å². The molecule has 2 nitrogen and oxygen atoms in total. The van der Waals surface area contributed by atoms with Gasteiger partial charge in [0.25, 0.3) is 0 Å². The van der Waals surface area contributed by atoms with Crippen LogP contribution < -0.4 is 0 Å². The molecule has 1 unspecified atom stereocenters. The number of rotatable bonds is 6. The average Bonchev–Trinajstić information content (AvgIpc) is 3.05. The number of hydrogen-bond donors (Lipinski definition) is 0. The van der Waals surface area contributed by atoms with Crippen LogP contribution in [0.2, 0.25) is 0 Å². The average molecular weight is 391 g/mol. The van der Waals surface area contributed by atoms with Crippen LogP contribution >= 0.6 is 0 Å². The summed E-state index contributed by atoms with van der Waals surface area (Å²) in [6.45, 7) is 2.72. The van der Waals surface area contributed by atoms with Crippen molar-refractivity contribution in [1.82, 2.24) is 9.55 Å². The summed E-state index contributed by atoms with van der Waals surface area (Å²) in [6, 6.07) is 12.3. The Morgan fingerprint density at radius 3 is 2.75 bits per heavy atom.